The molecule has 0 amide bonds. The van der Waals surface area contributed by atoms with E-state index < -0.39 is 0 Å². The number of halogens is 1. The molecule has 3 N–H and O–H groups in total. The second kappa shape index (κ2) is 7.08. The van der Waals surface area contributed by atoms with Crippen LogP contribution >= 0.6 is 12.4 Å². The van der Waals surface area contributed by atoms with Crippen molar-refractivity contribution in [1.82, 2.24) is 15.2 Å². The molecule has 1 aromatic carbocycles. The normalized spacial score (nSPS) is 11.7. The number of hydrogen-bond acceptors (Lipinski definition) is 5. The highest BCUT2D eigenvalue weighted by Crippen LogP contribution is 2.19. The van der Waals surface area contributed by atoms with Crippen molar-refractivity contribution in [3.63, 3.8) is 0 Å². The molecule has 19 heavy (non-hydrogen) atoms. The van der Waals surface area contributed by atoms with Crippen LogP contribution in [0.3, 0.4) is 0 Å². The molecule has 1 atom stereocenters. The van der Waals surface area contributed by atoms with Crippen molar-refractivity contribution in [2.75, 3.05) is 14.2 Å². The molecule has 0 saturated heterocycles. The Balaban J connectivity index is 0.00000180. The number of nitrogens with two attached hydrogens (primary N) is 1. The summed E-state index contributed by atoms with van der Waals surface area (Å²) < 4.78 is 10.1. The maximum atomic E-state index is 6.09. The summed E-state index contributed by atoms with van der Waals surface area (Å²) in [4.78, 5) is 4.27. The first kappa shape index (κ1) is 15.4. The van der Waals surface area contributed by atoms with Crippen LogP contribution in [0, 0.1) is 0 Å². The lowest BCUT2D eigenvalue weighted by Crippen LogP contribution is -2.13. The first-order valence-corrected chi connectivity index (χ1v) is 5.54. The van der Waals surface area contributed by atoms with E-state index in [2.05, 4.69) is 15.2 Å². The standard InChI is InChI=1S/C12H16N4O2.ClH/c1-17-7-10-14-12(16-15-10)11(13)8-3-5-9(18-2)6-4-8;/h3-6,11H,7,13H2,1-2H3,(H,14,15,16);1H. The fraction of sp³-hybridized carbons (Fsp3) is 0.333. The molecule has 0 fully saturated rings. The van der Waals surface area contributed by atoms with E-state index in [1.807, 2.05) is 24.3 Å². The van der Waals surface area contributed by atoms with Crippen LogP contribution in [0.2, 0.25) is 0 Å². The van der Waals surface area contributed by atoms with Gasteiger partial charge in [0.25, 0.3) is 0 Å². The van der Waals surface area contributed by atoms with Crippen molar-refractivity contribution in [1.29, 1.82) is 0 Å². The maximum Gasteiger partial charge on any atom is 0.171 e. The van der Waals surface area contributed by atoms with Crippen molar-refractivity contribution in [3.05, 3.63) is 41.5 Å². The molecule has 0 radical (unpaired) electrons. The van der Waals surface area contributed by atoms with Gasteiger partial charge in [-0.1, -0.05) is 12.1 Å². The van der Waals surface area contributed by atoms with Gasteiger partial charge in [0.2, 0.25) is 0 Å². The third-order valence-corrected chi connectivity index (χ3v) is 2.58. The fourth-order valence-corrected chi connectivity index (χ4v) is 1.61. The Labute approximate surface area is 117 Å². The van der Waals surface area contributed by atoms with Gasteiger partial charge in [-0.15, -0.1) is 12.4 Å². The fourth-order valence-electron chi connectivity index (χ4n) is 1.61. The zero-order valence-electron chi connectivity index (χ0n) is 10.8. The first-order chi connectivity index (χ1) is 8.74. The van der Waals surface area contributed by atoms with Gasteiger partial charge >= 0.3 is 0 Å². The van der Waals surface area contributed by atoms with Crippen molar-refractivity contribution in [3.8, 4) is 5.75 Å². The van der Waals surface area contributed by atoms with Gasteiger partial charge in [0.15, 0.2) is 11.6 Å². The maximum absolute atomic E-state index is 6.09. The van der Waals surface area contributed by atoms with E-state index in [1.165, 1.54) is 0 Å². The molecule has 2 aromatic rings. The summed E-state index contributed by atoms with van der Waals surface area (Å²) in [5.74, 6) is 2.00. The number of methoxy groups -OCH3 is 2. The van der Waals surface area contributed by atoms with Gasteiger partial charge in [-0.05, 0) is 17.7 Å². The SMILES string of the molecule is COCc1nc(C(N)c2ccc(OC)cc2)n[nH]1.Cl. The molecule has 1 heterocycles. The van der Waals surface area contributed by atoms with Crippen LogP contribution in [0.15, 0.2) is 24.3 Å². The Morgan fingerprint density at radius 2 is 1.95 bits per heavy atom. The lowest BCUT2D eigenvalue weighted by Gasteiger charge is -2.08. The lowest BCUT2D eigenvalue weighted by molar-refractivity contribution is 0.178. The average Bonchev–Trinajstić information content (AvgIpc) is 2.87. The highest BCUT2D eigenvalue weighted by atomic mass is 35.5. The second-order valence-corrected chi connectivity index (χ2v) is 3.82. The smallest absolute Gasteiger partial charge is 0.171 e. The van der Waals surface area contributed by atoms with Crippen LogP contribution in [-0.2, 0) is 11.3 Å². The second-order valence-electron chi connectivity index (χ2n) is 3.82. The molecule has 6 nitrogen and oxygen atoms in total. The van der Waals surface area contributed by atoms with Crippen LogP contribution in [0.5, 0.6) is 5.75 Å². The predicted molar refractivity (Wildman–Crippen MR) is 73.4 cm³/mol. The summed E-state index contributed by atoms with van der Waals surface area (Å²) in [5, 5.41) is 6.87. The van der Waals surface area contributed by atoms with Crippen LogP contribution in [-0.4, -0.2) is 29.4 Å². The van der Waals surface area contributed by atoms with Gasteiger partial charge in [-0.25, -0.2) is 4.98 Å². The quantitative estimate of drug-likeness (QED) is 0.867. The highest BCUT2D eigenvalue weighted by Gasteiger charge is 2.14. The third-order valence-electron chi connectivity index (χ3n) is 2.58. The first-order valence-electron chi connectivity index (χ1n) is 5.54. The molecule has 0 bridgehead atoms. The molecule has 0 aliphatic carbocycles. The van der Waals surface area contributed by atoms with Crippen molar-refractivity contribution >= 4 is 12.4 Å². The lowest BCUT2D eigenvalue weighted by atomic mass is 10.1. The topological polar surface area (TPSA) is 86.1 Å². The minimum absolute atomic E-state index is 0. The molecule has 0 saturated carbocycles. The monoisotopic (exact) mass is 284 g/mol. The number of aromatic nitrogens is 3. The number of benzene rings is 1. The number of rotatable bonds is 5. The molecular formula is C12H17ClN4O2. The number of nitrogens with zero attached hydrogens (tertiary/aromatic N) is 2. The molecular weight excluding hydrogens is 268 g/mol. The Kier molecular flexibility index (Phi) is 5.75. The van der Waals surface area contributed by atoms with Gasteiger partial charge < -0.3 is 15.2 Å². The van der Waals surface area contributed by atoms with Gasteiger partial charge in [-0.2, -0.15) is 5.10 Å². The summed E-state index contributed by atoms with van der Waals surface area (Å²) in [5.41, 5.74) is 7.02. The Hall–Kier alpha value is -1.63. The molecule has 1 aromatic heterocycles. The van der Waals surface area contributed by atoms with Gasteiger partial charge in [-0.3, -0.25) is 5.10 Å². The summed E-state index contributed by atoms with van der Waals surface area (Å²) in [6.07, 6.45) is 0. The largest absolute Gasteiger partial charge is 0.497 e. The Morgan fingerprint density at radius 1 is 1.26 bits per heavy atom. The van der Waals surface area contributed by atoms with Crippen LogP contribution in [0.4, 0.5) is 0 Å². The van der Waals surface area contributed by atoms with Gasteiger partial charge in [0.1, 0.15) is 12.4 Å². The Bertz CT molecular complexity index is 501. The minimum Gasteiger partial charge on any atom is -0.497 e. The third kappa shape index (κ3) is 3.66. The number of ether oxygens (including phenoxy) is 2. The van der Waals surface area contributed by atoms with Crippen LogP contribution in [0.1, 0.15) is 23.3 Å². The van der Waals surface area contributed by atoms with Crippen molar-refractivity contribution < 1.29 is 9.47 Å². The van der Waals surface area contributed by atoms with E-state index in [0.29, 0.717) is 18.3 Å². The van der Waals surface area contributed by atoms with Crippen molar-refractivity contribution in [2.45, 2.75) is 12.6 Å². The summed E-state index contributed by atoms with van der Waals surface area (Å²) in [6.45, 7) is 0.391. The number of hydrogen-bond donors (Lipinski definition) is 2. The Morgan fingerprint density at radius 3 is 2.53 bits per heavy atom. The van der Waals surface area contributed by atoms with E-state index in [1.54, 1.807) is 14.2 Å². The van der Waals surface area contributed by atoms with E-state index >= 15 is 0 Å². The summed E-state index contributed by atoms with van der Waals surface area (Å²) in [7, 11) is 3.23. The number of nitrogens with one attached hydrogen (secondary N) is 1. The molecule has 7 heteroatoms. The van der Waals surface area contributed by atoms with Gasteiger partial charge in [0.05, 0.1) is 13.2 Å². The minimum atomic E-state index is -0.363. The molecule has 0 aliphatic rings. The van der Waals surface area contributed by atoms with E-state index in [-0.39, 0.29) is 18.4 Å². The molecule has 104 valence electrons. The zero-order chi connectivity index (χ0) is 13.0. The highest BCUT2D eigenvalue weighted by molar-refractivity contribution is 5.85. The predicted octanol–water partition coefficient (Wildman–Crippen LogP) is 1.43. The van der Waals surface area contributed by atoms with Crippen LogP contribution < -0.4 is 10.5 Å². The number of aromatic amines is 1. The van der Waals surface area contributed by atoms with Crippen LogP contribution in [0.25, 0.3) is 0 Å². The summed E-state index contributed by atoms with van der Waals surface area (Å²) in [6, 6.07) is 7.15. The van der Waals surface area contributed by atoms with E-state index in [0.717, 1.165) is 11.3 Å². The van der Waals surface area contributed by atoms with E-state index in [9.17, 15) is 0 Å². The van der Waals surface area contributed by atoms with Crippen molar-refractivity contribution in [2.24, 2.45) is 5.73 Å². The molecule has 0 spiro atoms. The average molecular weight is 285 g/mol. The zero-order valence-corrected chi connectivity index (χ0v) is 11.6. The molecule has 0 aliphatic heterocycles. The molecule has 2 rings (SSSR count). The number of H-pyrrole nitrogens is 1. The molecule has 1 unspecified atom stereocenters. The van der Waals surface area contributed by atoms with E-state index in [4.69, 9.17) is 15.2 Å². The van der Waals surface area contributed by atoms with Gasteiger partial charge in [0, 0.05) is 7.11 Å². The summed E-state index contributed by atoms with van der Waals surface area (Å²) >= 11 is 0.